The van der Waals surface area contributed by atoms with E-state index < -0.39 is 17.6 Å². The Hall–Kier alpha value is -1.08. The van der Waals surface area contributed by atoms with Crippen LogP contribution in [-0.4, -0.2) is 25.2 Å². The largest absolute Gasteiger partial charge is 0.417 e. The minimum Gasteiger partial charge on any atom is -0.378 e. The minimum atomic E-state index is -4.49. The first kappa shape index (κ1) is 16.3. The first-order valence-corrected chi connectivity index (χ1v) is 7.44. The number of hydrogen-bond acceptors (Lipinski definition) is 2. The molecule has 1 atom stereocenters. The lowest BCUT2D eigenvalue weighted by molar-refractivity contribution is -0.138. The molecule has 0 bridgehead atoms. The summed E-state index contributed by atoms with van der Waals surface area (Å²) in [5, 5.41) is 2.62. The van der Waals surface area contributed by atoms with Gasteiger partial charge in [0, 0.05) is 23.2 Å². The molecule has 1 saturated heterocycles. The van der Waals surface area contributed by atoms with Crippen molar-refractivity contribution in [1.29, 1.82) is 0 Å². The molecule has 116 valence electrons. The Bertz CT molecular complexity index is 513. The highest BCUT2D eigenvalue weighted by molar-refractivity contribution is 9.10. The molecule has 0 aliphatic carbocycles. The van der Waals surface area contributed by atoms with E-state index in [2.05, 4.69) is 21.2 Å². The molecule has 3 nitrogen and oxygen atoms in total. The molecule has 7 heteroatoms. The van der Waals surface area contributed by atoms with Crippen molar-refractivity contribution < 1.29 is 22.7 Å². The predicted octanol–water partition coefficient (Wildman–Crippen LogP) is 3.77. The highest BCUT2D eigenvalue weighted by Crippen LogP contribution is 2.35. The van der Waals surface area contributed by atoms with Gasteiger partial charge in [-0.15, -0.1) is 0 Å². The summed E-state index contributed by atoms with van der Waals surface area (Å²) in [6, 6.07) is 3.45. The normalized spacial score (nSPS) is 18.8. The highest BCUT2D eigenvalue weighted by atomic mass is 79.9. The molecule has 0 spiro atoms. The van der Waals surface area contributed by atoms with E-state index in [0.29, 0.717) is 13.0 Å². The Labute approximate surface area is 129 Å². The number of alkyl halides is 3. The molecular formula is C14H15BrF3NO2. The van der Waals surface area contributed by atoms with Crippen LogP contribution in [0.2, 0.25) is 0 Å². The van der Waals surface area contributed by atoms with E-state index in [4.69, 9.17) is 4.74 Å². The van der Waals surface area contributed by atoms with Gasteiger partial charge >= 0.3 is 6.18 Å². The highest BCUT2D eigenvalue weighted by Gasteiger charge is 2.33. The van der Waals surface area contributed by atoms with Crippen LogP contribution in [0.15, 0.2) is 22.7 Å². The molecule has 1 fully saturated rings. The summed E-state index contributed by atoms with van der Waals surface area (Å²) < 4.78 is 43.6. The molecule has 2 rings (SSSR count). The second kappa shape index (κ2) is 6.79. The standard InChI is InChI=1S/C14H15BrF3NO2/c15-12-4-3-9(8-11(12)14(16,17)18)13(20)19-6-5-10-2-1-7-21-10/h3-4,8,10H,1-2,5-7H2,(H,19,20). The number of amides is 1. The van der Waals surface area contributed by atoms with Gasteiger partial charge in [-0.25, -0.2) is 0 Å². The van der Waals surface area contributed by atoms with Crippen LogP contribution in [0.5, 0.6) is 0 Å². The Morgan fingerprint density at radius 2 is 2.19 bits per heavy atom. The van der Waals surface area contributed by atoms with E-state index in [1.165, 1.54) is 12.1 Å². The van der Waals surface area contributed by atoms with Crippen molar-refractivity contribution in [1.82, 2.24) is 5.32 Å². The van der Waals surface area contributed by atoms with Gasteiger partial charge in [-0.1, -0.05) is 15.9 Å². The van der Waals surface area contributed by atoms with E-state index in [-0.39, 0.29) is 16.1 Å². The monoisotopic (exact) mass is 365 g/mol. The second-order valence-electron chi connectivity index (χ2n) is 4.87. The number of carbonyl (C=O) groups is 1. The second-order valence-corrected chi connectivity index (χ2v) is 5.73. The van der Waals surface area contributed by atoms with Gasteiger partial charge in [0.2, 0.25) is 0 Å². The maximum Gasteiger partial charge on any atom is 0.417 e. The topological polar surface area (TPSA) is 38.3 Å². The third kappa shape index (κ3) is 4.44. The van der Waals surface area contributed by atoms with Gasteiger partial charge in [-0.3, -0.25) is 4.79 Å². The van der Waals surface area contributed by atoms with Gasteiger partial charge in [-0.05, 0) is 37.5 Å². The molecular weight excluding hydrogens is 351 g/mol. The maximum absolute atomic E-state index is 12.8. The van der Waals surface area contributed by atoms with E-state index in [9.17, 15) is 18.0 Å². The van der Waals surface area contributed by atoms with Gasteiger partial charge < -0.3 is 10.1 Å². The molecule has 1 N–H and O–H groups in total. The van der Waals surface area contributed by atoms with Crippen LogP contribution < -0.4 is 5.32 Å². The van der Waals surface area contributed by atoms with E-state index in [0.717, 1.165) is 25.5 Å². The average Bonchev–Trinajstić information content (AvgIpc) is 2.91. The summed E-state index contributed by atoms with van der Waals surface area (Å²) >= 11 is 2.84. The smallest absolute Gasteiger partial charge is 0.378 e. The van der Waals surface area contributed by atoms with Crippen LogP contribution in [0.3, 0.4) is 0 Å². The summed E-state index contributed by atoms with van der Waals surface area (Å²) in [4.78, 5) is 11.9. The van der Waals surface area contributed by atoms with Crippen molar-refractivity contribution >= 4 is 21.8 Å². The van der Waals surface area contributed by atoms with Gasteiger partial charge in [0.25, 0.3) is 5.91 Å². The molecule has 0 aromatic heterocycles. The van der Waals surface area contributed by atoms with E-state index in [1.807, 2.05) is 0 Å². The average molecular weight is 366 g/mol. The minimum absolute atomic E-state index is 0.00198. The molecule has 1 amide bonds. The lowest BCUT2D eigenvalue weighted by Gasteiger charge is -2.12. The molecule has 1 aromatic rings. The van der Waals surface area contributed by atoms with Crippen molar-refractivity contribution in [2.24, 2.45) is 0 Å². The fraction of sp³-hybridized carbons (Fsp3) is 0.500. The Morgan fingerprint density at radius 3 is 2.81 bits per heavy atom. The fourth-order valence-electron chi connectivity index (χ4n) is 2.20. The Kier molecular flexibility index (Phi) is 5.27. The number of ether oxygens (including phenoxy) is 1. The molecule has 1 aromatic carbocycles. The van der Waals surface area contributed by atoms with E-state index in [1.54, 1.807) is 0 Å². The van der Waals surface area contributed by atoms with Crippen LogP contribution in [0, 0.1) is 0 Å². The zero-order chi connectivity index (χ0) is 15.5. The zero-order valence-corrected chi connectivity index (χ0v) is 12.8. The quantitative estimate of drug-likeness (QED) is 0.881. The van der Waals surface area contributed by atoms with Gasteiger partial charge in [0.1, 0.15) is 0 Å². The predicted molar refractivity (Wildman–Crippen MR) is 75.1 cm³/mol. The summed E-state index contributed by atoms with van der Waals surface area (Å²) in [5.41, 5.74) is -0.854. The van der Waals surface area contributed by atoms with Crippen molar-refractivity contribution in [3.05, 3.63) is 33.8 Å². The molecule has 1 heterocycles. The van der Waals surface area contributed by atoms with Gasteiger partial charge in [0.05, 0.1) is 11.7 Å². The first-order chi connectivity index (χ1) is 9.88. The SMILES string of the molecule is O=C(NCCC1CCCO1)c1ccc(Br)c(C(F)(F)F)c1. The molecule has 0 radical (unpaired) electrons. The molecule has 1 aliphatic heterocycles. The number of nitrogens with one attached hydrogen (secondary N) is 1. The van der Waals surface area contributed by atoms with Crippen molar-refractivity contribution in [2.75, 3.05) is 13.2 Å². The molecule has 0 saturated carbocycles. The molecule has 21 heavy (non-hydrogen) atoms. The van der Waals surface area contributed by atoms with Gasteiger partial charge in [0.15, 0.2) is 0 Å². The number of benzene rings is 1. The van der Waals surface area contributed by atoms with Crippen molar-refractivity contribution in [3.8, 4) is 0 Å². The Morgan fingerprint density at radius 1 is 1.43 bits per heavy atom. The zero-order valence-electron chi connectivity index (χ0n) is 11.2. The number of halogens is 4. The molecule has 1 unspecified atom stereocenters. The first-order valence-electron chi connectivity index (χ1n) is 6.64. The summed E-state index contributed by atoms with van der Waals surface area (Å²) in [6.07, 6.45) is -1.70. The van der Waals surface area contributed by atoms with Crippen LogP contribution >= 0.6 is 15.9 Å². The summed E-state index contributed by atoms with van der Waals surface area (Å²) in [5.74, 6) is -0.508. The van der Waals surface area contributed by atoms with E-state index >= 15 is 0 Å². The Balaban J connectivity index is 1.95. The summed E-state index contributed by atoms with van der Waals surface area (Å²) in [7, 11) is 0. The lowest BCUT2D eigenvalue weighted by Crippen LogP contribution is -2.27. The van der Waals surface area contributed by atoms with Crippen LogP contribution in [0.25, 0.3) is 0 Å². The number of rotatable bonds is 4. The lowest BCUT2D eigenvalue weighted by atomic mass is 10.1. The molecule has 1 aliphatic rings. The van der Waals surface area contributed by atoms with Crippen LogP contribution in [0.4, 0.5) is 13.2 Å². The van der Waals surface area contributed by atoms with Gasteiger partial charge in [-0.2, -0.15) is 13.2 Å². The third-order valence-corrected chi connectivity index (χ3v) is 4.00. The van der Waals surface area contributed by atoms with Crippen LogP contribution in [0.1, 0.15) is 35.2 Å². The third-order valence-electron chi connectivity index (χ3n) is 3.31. The fourth-order valence-corrected chi connectivity index (χ4v) is 2.68. The number of hydrogen-bond donors (Lipinski definition) is 1. The van der Waals surface area contributed by atoms with Crippen molar-refractivity contribution in [2.45, 2.75) is 31.5 Å². The van der Waals surface area contributed by atoms with Crippen molar-refractivity contribution in [3.63, 3.8) is 0 Å². The van der Waals surface area contributed by atoms with Crippen LogP contribution in [-0.2, 0) is 10.9 Å². The summed E-state index contributed by atoms with van der Waals surface area (Å²) in [6.45, 7) is 1.13. The maximum atomic E-state index is 12.8. The number of carbonyl (C=O) groups excluding carboxylic acids is 1.